The summed E-state index contributed by atoms with van der Waals surface area (Å²) < 4.78 is 27.4. The lowest BCUT2D eigenvalue weighted by atomic mass is 10.2. The van der Waals surface area contributed by atoms with Gasteiger partial charge in [-0.3, -0.25) is 4.98 Å². The van der Waals surface area contributed by atoms with E-state index in [1.807, 2.05) is 18.9 Å². The largest absolute Gasteiger partial charge is 0.351 e. The van der Waals surface area contributed by atoms with Gasteiger partial charge in [0.2, 0.25) is 11.8 Å². The second kappa shape index (κ2) is 7.45. The SMILES string of the molecule is C[C@H](Nc1nc(Cl)c(F)c(N2CCN(C)CC2)n1)c1ccc(F)cn1. The van der Waals surface area contributed by atoms with Crippen LogP contribution in [0.5, 0.6) is 0 Å². The summed E-state index contributed by atoms with van der Waals surface area (Å²) in [5.74, 6) is -0.632. The third-order valence-corrected chi connectivity index (χ3v) is 4.39. The van der Waals surface area contributed by atoms with Gasteiger partial charge in [0.25, 0.3) is 0 Å². The van der Waals surface area contributed by atoms with Crippen LogP contribution >= 0.6 is 11.6 Å². The number of nitrogens with one attached hydrogen (secondary N) is 1. The highest BCUT2D eigenvalue weighted by Crippen LogP contribution is 2.26. The molecule has 0 spiro atoms. The molecule has 6 nitrogen and oxygen atoms in total. The number of hydrogen-bond acceptors (Lipinski definition) is 6. The Morgan fingerprint density at radius 2 is 1.88 bits per heavy atom. The van der Waals surface area contributed by atoms with Gasteiger partial charge in [-0.15, -0.1) is 0 Å². The van der Waals surface area contributed by atoms with Crippen LogP contribution in [0.4, 0.5) is 20.5 Å². The average molecular weight is 369 g/mol. The van der Waals surface area contributed by atoms with Crippen LogP contribution in [-0.4, -0.2) is 53.1 Å². The van der Waals surface area contributed by atoms with Crippen molar-refractivity contribution in [3.8, 4) is 0 Å². The van der Waals surface area contributed by atoms with E-state index < -0.39 is 11.6 Å². The third-order valence-electron chi connectivity index (χ3n) is 4.14. The molecule has 134 valence electrons. The Balaban J connectivity index is 1.81. The molecule has 2 aromatic rings. The summed E-state index contributed by atoms with van der Waals surface area (Å²) in [7, 11) is 2.02. The van der Waals surface area contributed by atoms with Gasteiger partial charge in [-0.05, 0) is 26.1 Å². The van der Waals surface area contributed by atoms with Crippen molar-refractivity contribution >= 4 is 23.4 Å². The maximum absolute atomic E-state index is 14.4. The molecule has 0 unspecified atom stereocenters. The molecule has 1 aliphatic rings. The summed E-state index contributed by atoms with van der Waals surface area (Å²) >= 11 is 5.95. The molecule has 3 heterocycles. The lowest BCUT2D eigenvalue weighted by Crippen LogP contribution is -2.45. The molecule has 1 atom stereocenters. The molecule has 0 aliphatic carbocycles. The van der Waals surface area contributed by atoms with Crippen LogP contribution in [0.15, 0.2) is 18.3 Å². The van der Waals surface area contributed by atoms with Crippen LogP contribution in [0.1, 0.15) is 18.7 Å². The zero-order valence-electron chi connectivity index (χ0n) is 14.0. The highest BCUT2D eigenvalue weighted by molar-refractivity contribution is 6.29. The number of aromatic nitrogens is 3. The van der Waals surface area contributed by atoms with Gasteiger partial charge >= 0.3 is 0 Å². The quantitative estimate of drug-likeness (QED) is 0.837. The second-order valence-corrected chi connectivity index (χ2v) is 6.39. The zero-order valence-corrected chi connectivity index (χ0v) is 14.8. The number of rotatable bonds is 4. The third kappa shape index (κ3) is 4.13. The molecule has 3 rings (SSSR count). The first-order valence-electron chi connectivity index (χ1n) is 7.98. The molecule has 9 heteroatoms. The Kier molecular flexibility index (Phi) is 5.29. The molecule has 1 saturated heterocycles. The highest BCUT2D eigenvalue weighted by Gasteiger charge is 2.22. The predicted molar refractivity (Wildman–Crippen MR) is 92.9 cm³/mol. The maximum Gasteiger partial charge on any atom is 0.226 e. The van der Waals surface area contributed by atoms with Crippen molar-refractivity contribution in [3.05, 3.63) is 40.8 Å². The first-order valence-corrected chi connectivity index (χ1v) is 8.36. The summed E-state index contributed by atoms with van der Waals surface area (Å²) in [4.78, 5) is 16.3. The van der Waals surface area contributed by atoms with E-state index in [1.54, 1.807) is 6.07 Å². The molecule has 0 aromatic carbocycles. The first-order chi connectivity index (χ1) is 11.9. The van der Waals surface area contributed by atoms with Crippen molar-refractivity contribution in [2.75, 3.05) is 43.4 Å². The number of piperazine rings is 1. The van der Waals surface area contributed by atoms with Crippen molar-refractivity contribution in [1.82, 2.24) is 19.9 Å². The Bertz CT molecular complexity index is 734. The number of pyridine rings is 1. The van der Waals surface area contributed by atoms with Gasteiger partial charge in [0, 0.05) is 26.2 Å². The second-order valence-electron chi connectivity index (χ2n) is 6.03. The molecule has 25 heavy (non-hydrogen) atoms. The summed E-state index contributed by atoms with van der Waals surface area (Å²) in [6.45, 7) is 4.79. The standard InChI is InChI=1S/C16H19ClF2N6/c1-10(12-4-3-11(18)9-20-12)21-16-22-14(17)13(19)15(23-16)25-7-5-24(2)6-8-25/h3-4,9-10H,5-8H2,1-2H3,(H,21,22,23)/t10-/m0/s1. The van der Waals surface area contributed by atoms with Crippen molar-refractivity contribution < 1.29 is 8.78 Å². The Morgan fingerprint density at radius 3 is 2.52 bits per heavy atom. The van der Waals surface area contributed by atoms with Crippen molar-refractivity contribution in [1.29, 1.82) is 0 Å². The lowest BCUT2D eigenvalue weighted by Gasteiger charge is -2.33. The van der Waals surface area contributed by atoms with Gasteiger partial charge in [-0.1, -0.05) is 11.6 Å². The number of anilines is 2. The van der Waals surface area contributed by atoms with Gasteiger partial charge in [0.05, 0.1) is 17.9 Å². The molecule has 1 fully saturated rings. The van der Waals surface area contributed by atoms with E-state index in [0.717, 1.165) is 19.3 Å². The Hall–Kier alpha value is -2.06. The fourth-order valence-electron chi connectivity index (χ4n) is 2.61. The van der Waals surface area contributed by atoms with E-state index in [4.69, 9.17) is 11.6 Å². The summed E-state index contributed by atoms with van der Waals surface area (Å²) in [6.07, 6.45) is 1.14. The van der Waals surface area contributed by atoms with Crippen LogP contribution in [-0.2, 0) is 0 Å². The van der Waals surface area contributed by atoms with Crippen LogP contribution in [0, 0.1) is 11.6 Å². The molecule has 2 aromatic heterocycles. The summed E-state index contributed by atoms with van der Waals surface area (Å²) in [6, 6.07) is 2.61. The fourth-order valence-corrected chi connectivity index (χ4v) is 2.78. The molecular weight excluding hydrogens is 350 g/mol. The number of hydrogen-bond donors (Lipinski definition) is 1. The Labute approximate surface area is 149 Å². The lowest BCUT2D eigenvalue weighted by molar-refractivity contribution is 0.310. The summed E-state index contributed by atoms with van der Waals surface area (Å²) in [5.41, 5.74) is 0.617. The van der Waals surface area contributed by atoms with E-state index in [9.17, 15) is 8.78 Å². The van der Waals surface area contributed by atoms with Gasteiger partial charge in [0.1, 0.15) is 5.82 Å². The zero-order chi connectivity index (χ0) is 18.0. The smallest absolute Gasteiger partial charge is 0.226 e. The van der Waals surface area contributed by atoms with Crippen molar-refractivity contribution in [2.45, 2.75) is 13.0 Å². The van der Waals surface area contributed by atoms with E-state index in [1.165, 1.54) is 6.07 Å². The van der Waals surface area contributed by atoms with Crippen LogP contribution in [0.3, 0.4) is 0 Å². The highest BCUT2D eigenvalue weighted by atomic mass is 35.5. The maximum atomic E-state index is 14.4. The molecule has 0 saturated carbocycles. The average Bonchev–Trinajstić information content (AvgIpc) is 2.59. The van der Waals surface area contributed by atoms with Crippen LogP contribution in [0.25, 0.3) is 0 Å². The van der Waals surface area contributed by atoms with E-state index in [-0.39, 0.29) is 23.0 Å². The Morgan fingerprint density at radius 1 is 1.16 bits per heavy atom. The molecular formula is C16H19ClF2N6. The van der Waals surface area contributed by atoms with Gasteiger partial charge < -0.3 is 15.1 Å². The first kappa shape index (κ1) is 17.8. The van der Waals surface area contributed by atoms with Gasteiger partial charge in [-0.25, -0.2) is 4.39 Å². The molecule has 0 bridgehead atoms. The van der Waals surface area contributed by atoms with Gasteiger partial charge in [0.15, 0.2) is 11.0 Å². The van der Waals surface area contributed by atoms with E-state index in [0.29, 0.717) is 18.8 Å². The van der Waals surface area contributed by atoms with Crippen molar-refractivity contribution in [2.24, 2.45) is 0 Å². The summed E-state index contributed by atoms with van der Waals surface area (Å²) in [5, 5.41) is 2.81. The number of halogens is 3. The van der Waals surface area contributed by atoms with Crippen LogP contribution in [0.2, 0.25) is 5.15 Å². The normalized spacial score (nSPS) is 16.8. The minimum atomic E-state index is -0.621. The topological polar surface area (TPSA) is 57.2 Å². The fraction of sp³-hybridized carbons (Fsp3) is 0.438. The van der Waals surface area contributed by atoms with Gasteiger partial charge in [-0.2, -0.15) is 14.4 Å². The monoisotopic (exact) mass is 368 g/mol. The number of likely N-dealkylation sites (N-methyl/N-ethyl adjacent to an activating group) is 1. The molecule has 1 N–H and O–H groups in total. The molecule has 0 amide bonds. The van der Waals surface area contributed by atoms with Crippen LogP contribution < -0.4 is 10.2 Å². The minimum absolute atomic E-state index is 0.190. The molecule has 0 radical (unpaired) electrons. The van der Waals surface area contributed by atoms with E-state index >= 15 is 0 Å². The number of nitrogens with zero attached hydrogens (tertiary/aromatic N) is 5. The molecule has 1 aliphatic heterocycles. The minimum Gasteiger partial charge on any atom is -0.351 e. The van der Waals surface area contributed by atoms with E-state index in [2.05, 4.69) is 25.2 Å². The predicted octanol–water partition coefficient (Wildman–Crippen LogP) is 2.73. The van der Waals surface area contributed by atoms with Crippen molar-refractivity contribution in [3.63, 3.8) is 0 Å².